The van der Waals surface area contributed by atoms with Gasteiger partial charge in [-0.2, -0.15) is 0 Å². The first-order chi connectivity index (χ1) is 12.3. The molecule has 0 aliphatic heterocycles. The van der Waals surface area contributed by atoms with E-state index in [4.69, 9.17) is 4.74 Å². The number of hydrogen-bond donors (Lipinski definition) is 1. The number of alkyl halides is 1. The van der Waals surface area contributed by atoms with E-state index in [-0.39, 0.29) is 27.4 Å². The summed E-state index contributed by atoms with van der Waals surface area (Å²) in [4.78, 5) is 12.8. The third kappa shape index (κ3) is 3.39. The average Bonchev–Trinajstić information content (AvgIpc) is 2.51. The van der Waals surface area contributed by atoms with Crippen LogP contribution in [-0.2, 0) is 4.79 Å². The summed E-state index contributed by atoms with van der Waals surface area (Å²) < 4.78 is 19.2. The van der Waals surface area contributed by atoms with Gasteiger partial charge in [-0.3, -0.25) is 4.79 Å². The first-order valence-electron chi connectivity index (χ1n) is 9.62. The van der Waals surface area contributed by atoms with Crippen LogP contribution in [0.15, 0.2) is 18.2 Å². The minimum absolute atomic E-state index is 0.0896. The van der Waals surface area contributed by atoms with E-state index in [1.54, 1.807) is 6.07 Å². The van der Waals surface area contributed by atoms with E-state index in [1.807, 2.05) is 13.0 Å². The Balaban J connectivity index is 1.42. The second-order valence-corrected chi connectivity index (χ2v) is 10.7. The van der Waals surface area contributed by atoms with Gasteiger partial charge in [0.2, 0.25) is 5.91 Å². The molecular formula is C21H27BrFNO2. The van der Waals surface area contributed by atoms with Gasteiger partial charge in [-0.25, -0.2) is 4.39 Å². The van der Waals surface area contributed by atoms with Crippen molar-refractivity contribution in [2.45, 2.75) is 62.2 Å². The van der Waals surface area contributed by atoms with Crippen LogP contribution in [0.3, 0.4) is 0 Å². The molecule has 0 radical (unpaired) electrons. The molecule has 1 N–H and O–H groups in total. The summed E-state index contributed by atoms with van der Waals surface area (Å²) in [6.45, 7) is 1.91. The molecule has 0 spiro atoms. The maximum Gasteiger partial charge on any atom is 0.221 e. The molecule has 4 fully saturated rings. The molecule has 5 rings (SSSR count). The van der Waals surface area contributed by atoms with Crippen molar-refractivity contribution in [3.63, 3.8) is 0 Å². The predicted molar refractivity (Wildman–Crippen MR) is 103 cm³/mol. The molecule has 1 aromatic carbocycles. The van der Waals surface area contributed by atoms with Crippen LogP contribution in [0, 0.1) is 23.1 Å². The number of nitrogens with one attached hydrogen (secondary N) is 1. The Morgan fingerprint density at radius 1 is 1.35 bits per heavy atom. The van der Waals surface area contributed by atoms with Crippen molar-refractivity contribution in [2.75, 3.05) is 7.11 Å². The molecule has 3 atom stereocenters. The lowest BCUT2D eigenvalue weighted by molar-refractivity contribution is -0.128. The number of halogens is 2. The average molecular weight is 424 g/mol. The maximum atomic E-state index is 13.9. The molecule has 5 heteroatoms. The number of rotatable bonds is 5. The molecule has 3 nitrogen and oxygen atoms in total. The van der Waals surface area contributed by atoms with Gasteiger partial charge in [0.1, 0.15) is 0 Å². The molecule has 0 unspecified atom stereocenters. The second kappa shape index (κ2) is 6.50. The fourth-order valence-corrected chi connectivity index (χ4v) is 7.72. The van der Waals surface area contributed by atoms with Crippen molar-refractivity contribution >= 4 is 21.8 Å². The van der Waals surface area contributed by atoms with Crippen molar-refractivity contribution in [3.8, 4) is 5.75 Å². The van der Waals surface area contributed by atoms with Crippen molar-refractivity contribution < 1.29 is 13.9 Å². The number of methoxy groups -OCH3 is 1. The second-order valence-electron chi connectivity index (χ2n) is 8.97. The lowest BCUT2D eigenvalue weighted by Crippen LogP contribution is -2.54. The highest BCUT2D eigenvalue weighted by Gasteiger charge is 2.57. The van der Waals surface area contributed by atoms with Crippen LogP contribution in [0.5, 0.6) is 5.75 Å². The minimum atomic E-state index is -0.395. The smallest absolute Gasteiger partial charge is 0.221 e. The molecule has 4 aliphatic rings. The van der Waals surface area contributed by atoms with Gasteiger partial charge in [0.05, 0.1) is 13.2 Å². The molecule has 0 aromatic heterocycles. The zero-order valence-electron chi connectivity index (χ0n) is 15.5. The van der Waals surface area contributed by atoms with Gasteiger partial charge in [-0.1, -0.05) is 22.0 Å². The number of carbonyl (C=O) groups excluding carboxylic acids is 1. The SMILES string of the molecule is COc1ccc([C@@H](C)NC(=O)CC23C[C@H]4C[C@@H](CC(Br)(C4)C2)C3)cc1F. The van der Waals surface area contributed by atoms with Crippen LogP contribution in [0.2, 0.25) is 0 Å². The number of ether oxygens (including phenoxy) is 1. The standard InChI is InChI=1S/C21H27BrFNO2/c1-13(16-3-4-18(26-2)17(23)6-16)24-19(25)11-20-7-14-5-15(8-20)10-21(22,9-14)12-20/h3-4,6,13-15H,5,7-12H2,1-2H3,(H,24,25)/t13-,14-,15-,20?,21?/m1/s1. The van der Waals surface area contributed by atoms with Crippen LogP contribution >= 0.6 is 15.9 Å². The van der Waals surface area contributed by atoms with Crippen LogP contribution in [0.1, 0.15) is 63.5 Å². The molecule has 1 aromatic rings. The Bertz CT molecular complexity index is 708. The molecular weight excluding hydrogens is 397 g/mol. The van der Waals surface area contributed by atoms with Gasteiger partial charge in [0.25, 0.3) is 0 Å². The first kappa shape index (κ1) is 18.3. The summed E-state index contributed by atoms with van der Waals surface area (Å²) in [5, 5.41) is 3.09. The molecule has 142 valence electrons. The third-order valence-corrected chi connectivity index (χ3v) is 7.63. The zero-order chi connectivity index (χ0) is 18.5. The van der Waals surface area contributed by atoms with E-state index in [0.29, 0.717) is 6.42 Å². The fraction of sp³-hybridized carbons (Fsp3) is 0.667. The van der Waals surface area contributed by atoms with E-state index < -0.39 is 5.82 Å². The van der Waals surface area contributed by atoms with Gasteiger partial charge in [-0.15, -0.1) is 0 Å². The van der Waals surface area contributed by atoms with Crippen LogP contribution < -0.4 is 10.1 Å². The summed E-state index contributed by atoms with van der Waals surface area (Å²) in [6.07, 6.45) is 7.98. The van der Waals surface area contributed by atoms with Crippen molar-refractivity contribution in [1.29, 1.82) is 0 Å². The first-order valence-corrected chi connectivity index (χ1v) is 10.4. The molecule has 4 bridgehead atoms. The molecule has 26 heavy (non-hydrogen) atoms. The van der Waals surface area contributed by atoms with Crippen LogP contribution in [0.4, 0.5) is 4.39 Å². The summed E-state index contributed by atoms with van der Waals surface area (Å²) >= 11 is 4.01. The normalized spacial score (nSPS) is 36.0. The zero-order valence-corrected chi connectivity index (χ0v) is 17.1. The van der Waals surface area contributed by atoms with E-state index in [1.165, 1.54) is 45.3 Å². The Kier molecular flexibility index (Phi) is 4.57. The number of carbonyl (C=O) groups is 1. The quantitative estimate of drug-likeness (QED) is 0.666. The van der Waals surface area contributed by atoms with E-state index in [0.717, 1.165) is 23.8 Å². The number of hydrogen-bond acceptors (Lipinski definition) is 2. The fourth-order valence-electron chi connectivity index (χ4n) is 6.21. The highest BCUT2D eigenvalue weighted by molar-refractivity contribution is 9.10. The van der Waals surface area contributed by atoms with Gasteiger partial charge < -0.3 is 10.1 Å². The predicted octanol–water partition coefficient (Wildman–Crippen LogP) is 5.14. The summed E-state index contributed by atoms with van der Waals surface area (Å²) in [7, 11) is 1.45. The topological polar surface area (TPSA) is 38.3 Å². The Morgan fingerprint density at radius 2 is 2.04 bits per heavy atom. The van der Waals surface area contributed by atoms with Crippen molar-refractivity contribution in [1.82, 2.24) is 5.32 Å². The Labute approximate surface area is 163 Å². The molecule has 0 saturated heterocycles. The van der Waals surface area contributed by atoms with Crippen LogP contribution in [0.25, 0.3) is 0 Å². The lowest BCUT2D eigenvalue weighted by atomic mass is 9.48. The molecule has 1 amide bonds. The van der Waals surface area contributed by atoms with Crippen LogP contribution in [-0.4, -0.2) is 17.3 Å². The Hall–Kier alpha value is -1.10. The van der Waals surface area contributed by atoms with E-state index >= 15 is 0 Å². The van der Waals surface area contributed by atoms with Crippen molar-refractivity contribution in [3.05, 3.63) is 29.6 Å². The monoisotopic (exact) mass is 423 g/mol. The lowest BCUT2D eigenvalue weighted by Gasteiger charge is -2.60. The number of benzene rings is 1. The number of amides is 1. The van der Waals surface area contributed by atoms with Gasteiger partial charge in [0.15, 0.2) is 11.6 Å². The van der Waals surface area contributed by atoms with Gasteiger partial charge >= 0.3 is 0 Å². The molecule has 0 heterocycles. The van der Waals surface area contributed by atoms with E-state index in [2.05, 4.69) is 21.2 Å². The summed E-state index contributed by atoms with van der Waals surface area (Å²) in [5.41, 5.74) is 0.918. The summed E-state index contributed by atoms with van der Waals surface area (Å²) in [5.74, 6) is 1.47. The molecule has 4 aliphatic carbocycles. The van der Waals surface area contributed by atoms with Gasteiger partial charge in [-0.05, 0) is 80.4 Å². The highest BCUT2D eigenvalue weighted by atomic mass is 79.9. The van der Waals surface area contributed by atoms with Gasteiger partial charge in [0, 0.05) is 10.7 Å². The summed E-state index contributed by atoms with van der Waals surface area (Å²) in [6, 6.07) is 4.66. The maximum absolute atomic E-state index is 13.9. The highest BCUT2D eigenvalue weighted by Crippen LogP contribution is 2.65. The van der Waals surface area contributed by atoms with Crippen molar-refractivity contribution in [2.24, 2.45) is 17.3 Å². The minimum Gasteiger partial charge on any atom is -0.494 e. The Morgan fingerprint density at radius 3 is 2.62 bits per heavy atom. The largest absolute Gasteiger partial charge is 0.494 e. The van der Waals surface area contributed by atoms with E-state index in [9.17, 15) is 9.18 Å². The third-order valence-electron chi connectivity index (χ3n) is 6.70. The molecule has 4 saturated carbocycles.